The molecule has 1 aromatic heterocycles. The number of carbonyl (C=O) groups is 2. The number of hydrogen-bond acceptors (Lipinski definition) is 6. The van der Waals surface area contributed by atoms with Gasteiger partial charge in [0.1, 0.15) is 5.75 Å². The van der Waals surface area contributed by atoms with Gasteiger partial charge in [0, 0.05) is 41.2 Å². The Bertz CT molecular complexity index is 1090. The third kappa shape index (κ3) is 4.20. The van der Waals surface area contributed by atoms with Gasteiger partial charge < -0.3 is 14.9 Å². The van der Waals surface area contributed by atoms with E-state index in [1.54, 1.807) is 74.1 Å². The van der Waals surface area contributed by atoms with Gasteiger partial charge in [0.2, 0.25) is 6.10 Å². The van der Waals surface area contributed by atoms with Gasteiger partial charge in [-0.2, -0.15) is 0 Å². The Labute approximate surface area is 173 Å². The van der Waals surface area contributed by atoms with Gasteiger partial charge in [0.05, 0.1) is 12.8 Å². The zero-order valence-electron chi connectivity index (χ0n) is 16.2. The van der Waals surface area contributed by atoms with Gasteiger partial charge in [0.25, 0.3) is 5.91 Å². The Morgan fingerprint density at radius 3 is 2.63 bits per heavy atom. The Morgan fingerprint density at radius 1 is 1.07 bits per heavy atom. The summed E-state index contributed by atoms with van der Waals surface area (Å²) in [6.45, 7) is 0. The maximum absolute atomic E-state index is 12.6. The van der Waals surface area contributed by atoms with Crippen LogP contribution in [0.15, 0.2) is 78.2 Å². The highest BCUT2D eigenvalue weighted by Gasteiger charge is 2.29. The van der Waals surface area contributed by atoms with Crippen LogP contribution in [0.2, 0.25) is 0 Å². The summed E-state index contributed by atoms with van der Waals surface area (Å²) >= 11 is 0. The molecule has 0 bridgehead atoms. The average Bonchev–Trinajstić information content (AvgIpc) is 3.30. The second-order valence-electron chi connectivity index (χ2n) is 6.71. The van der Waals surface area contributed by atoms with Crippen molar-refractivity contribution in [2.75, 3.05) is 12.4 Å². The normalized spacial score (nSPS) is 15.1. The fourth-order valence-corrected chi connectivity index (χ4v) is 3.08. The number of aromatic nitrogens is 1. The van der Waals surface area contributed by atoms with Crippen LogP contribution in [0.5, 0.6) is 5.75 Å². The highest BCUT2D eigenvalue weighted by molar-refractivity contribution is 6.09. The van der Waals surface area contributed by atoms with Gasteiger partial charge >= 0.3 is 0 Å². The zero-order valence-corrected chi connectivity index (χ0v) is 16.2. The molecule has 0 spiro atoms. The predicted molar refractivity (Wildman–Crippen MR) is 112 cm³/mol. The van der Waals surface area contributed by atoms with E-state index in [4.69, 9.17) is 9.57 Å². The van der Waals surface area contributed by atoms with Gasteiger partial charge in [-0.1, -0.05) is 17.3 Å². The minimum absolute atomic E-state index is 0.125. The molecule has 0 saturated heterocycles. The number of amides is 1. The third-order valence-electron chi connectivity index (χ3n) is 4.70. The van der Waals surface area contributed by atoms with Gasteiger partial charge in [0.15, 0.2) is 5.78 Å². The molecule has 1 N–H and O–H groups in total. The number of ketones is 1. The Balaban J connectivity index is 1.38. The van der Waals surface area contributed by atoms with Crippen LogP contribution in [0.25, 0.3) is 0 Å². The lowest BCUT2D eigenvalue weighted by Gasteiger charge is -2.10. The van der Waals surface area contributed by atoms with Crippen molar-refractivity contribution >= 4 is 23.1 Å². The minimum Gasteiger partial charge on any atom is -0.497 e. The van der Waals surface area contributed by atoms with Crippen molar-refractivity contribution in [1.29, 1.82) is 0 Å². The summed E-state index contributed by atoms with van der Waals surface area (Å²) in [5.74, 6) is 0.194. The first-order valence-electron chi connectivity index (χ1n) is 9.37. The van der Waals surface area contributed by atoms with Gasteiger partial charge in [-0.05, 0) is 48.5 Å². The maximum Gasteiger partial charge on any atom is 0.268 e. The van der Waals surface area contributed by atoms with Crippen molar-refractivity contribution in [1.82, 2.24) is 4.98 Å². The molecule has 2 heterocycles. The number of rotatable bonds is 6. The summed E-state index contributed by atoms with van der Waals surface area (Å²) in [5, 5.41) is 6.79. The smallest absolute Gasteiger partial charge is 0.268 e. The molecule has 0 aliphatic carbocycles. The molecule has 2 aromatic carbocycles. The van der Waals surface area contributed by atoms with E-state index in [1.807, 2.05) is 6.07 Å². The molecule has 150 valence electrons. The van der Waals surface area contributed by atoms with Crippen LogP contribution in [0.3, 0.4) is 0 Å². The van der Waals surface area contributed by atoms with Crippen molar-refractivity contribution in [3.63, 3.8) is 0 Å². The van der Waals surface area contributed by atoms with Gasteiger partial charge in [-0.15, -0.1) is 0 Å². The molecule has 1 aliphatic rings. The number of hydrogen-bond donors (Lipinski definition) is 1. The van der Waals surface area contributed by atoms with E-state index >= 15 is 0 Å². The fraction of sp³-hybridized carbons (Fsp3) is 0.130. The largest absolute Gasteiger partial charge is 0.497 e. The Kier molecular flexibility index (Phi) is 5.52. The summed E-state index contributed by atoms with van der Waals surface area (Å²) in [6, 6.07) is 17.4. The molecule has 3 aromatic rings. The van der Waals surface area contributed by atoms with Crippen molar-refractivity contribution < 1.29 is 19.2 Å². The summed E-state index contributed by atoms with van der Waals surface area (Å²) in [4.78, 5) is 34.5. The molecule has 30 heavy (non-hydrogen) atoms. The first-order valence-corrected chi connectivity index (χ1v) is 9.37. The number of ether oxygens (including phenoxy) is 1. The first kappa shape index (κ1) is 19.3. The second-order valence-corrected chi connectivity index (χ2v) is 6.71. The summed E-state index contributed by atoms with van der Waals surface area (Å²) in [6.07, 6.45) is 3.01. The number of nitrogens with zero attached hydrogens (tertiary/aromatic N) is 2. The van der Waals surface area contributed by atoms with E-state index in [0.717, 1.165) is 5.56 Å². The third-order valence-corrected chi connectivity index (χ3v) is 4.70. The summed E-state index contributed by atoms with van der Waals surface area (Å²) in [5.41, 5.74) is 3.13. The Morgan fingerprint density at radius 2 is 1.90 bits per heavy atom. The highest BCUT2D eigenvalue weighted by atomic mass is 16.6. The van der Waals surface area contributed by atoms with Crippen LogP contribution in [0.4, 0.5) is 5.69 Å². The molecule has 1 atom stereocenters. The van der Waals surface area contributed by atoms with Crippen molar-refractivity contribution in [2.45, 2.75) is 12.5 Å². The lowest BCUT2D eigenvalue weighted by Crippen LogP contribution is -2.28. The molecule has 0 saturated carbocycles. The molecular weight excluding hydrogens is 382 g/mol. The van der Waals surface area contributed by atoms with Crippen LogP contribution in [-0.2, 0) is 9.63 Å². The number of carbonyl (C=O) groups excluding carboxylic acids is 2. The van der Waals surface area contributed by atoms with Crippen LogP contribution >= 0.6 is 0 Å². The van der Waals surface area contributed by atoms with Crippen LogP contribution in [0.1, 0.15) is 27.9 Å². The lowest BCUT2D eigenvalue weighted by atomic mass is 10.0. The molecular formula is C23H19N3O4. The molecule has 7 nitrogen and oxygen atoms in total. The van der Waals surface area contributed by atoms with Crippen LogP contribution in [-0.4, -0.2) is 35.6 Å². The van der Waals surface area contributed by atoms with Crippen LogP contribution in [0, 0.1) is 0 Å². The van der Waals surface area contributed by atoms with Crippen molar-refractivity contribution in [3.05, 3.63) is 89.7 Å². The molecule has 0 fully saturated rings. The fourth-order valence-electron chi connectivity index (χ4n) is 3.08. The van der Waals surface area contributed by atoms with E-state index < -0.39 is 6.10 Å². The van der Waals surface area contributed by atoms with E-state index in [1.165, 1.54) is 0 Å². The standard InChI is InChI=1S/C23H19N3O4/c1-29-19-6-2-4-16(12-19)22(27)15-7-9-18(10-8-15)25-23(28)21-13-20(26-30-21)17-5-3-11-24-14-17/h2-12,14,21H,13H2,1H3,(H,25,28). The quantitative estimate of drug-likeness (QED) is 0.639. The van der Waals surface area contributed by atoms with Crippen molar-refractivity contribution in [2.24, 2.45) is 5.16 Å². The monoisotopic (exact) mass is 401 g/mol. The molecule has 1 unspecified atom stereocenters. The molecule has 4 rings (SSSR count). The molecule has 0 radical (unpaired) electrons. The SMILES string of the molecule is COc1cccc(C(=O)c2ccc(NC(=O)C3CC(c4cccnc4)=NO3)cc2)c1. The van der Waals surface area contributed by atoms with Crippen molar-refractivity contribution in [3.8, 4) is 5.75 Å². The lowest BCUT2D eigenvalue weighted by molar-refractivity contribution is -0.125. The second kappa shape index (κ2) is 8.57. The van der Waals surface area contributed by atoms with Gasteiger partial charge in [-0.3, -0.25) is 14.6 Å². The molecule has 1 amide bonds. The number of benzene rings is 2. The van der Waals surface area contributed by atoms with E-state index in [9.17, 15) is 9.59 Å². The number of methoxy groups -OCH3 is 1. The number of oxime groups is 1. The summed E-state index contributed by atoms with van der Waals surface area (Å²) < 4.78 is 5.16. The predicted octanol–water partition coefficient (Wildman–Crippen LogP) is 3.45. The molecule has 1 aliphatic heterocycles. The highest BCUT2D eigenvalue weighted by Crippen LogP contribution is 2.20. The number of pyridine rings is 1. The maximum atomic E-state index is 12.6. The summed E-state index contributed by atoms with van der Waals surface area (Å²) in [7, 11) is 1.56. The zero-order chi connectivity index (χ0) is 20.9. The molecule has 7 heteroatoms. The average molecular weight is 401 g/mol. The van der Waals surface area contributed by atoms with Crippen LogP contribution < -0.4 is 10.1 Å². The number of anilines is 1. The van der Waals surface area contributed by atoms with E-state index in [2.05, 4.69) is 15.5 Å². The Hall–Kier alpha value is -4.00. The first-order chi connectivity index (χ1) is 14.6. The van der Waals surface area contributed by atoms with E-state index in [-0.39, 0.29) is 11.7 Å². The van der Waals surface area contributed by atoms with E-state index in [0.29, 0.717) is 34.7 Å². The minimum atomic E-state index is -0.710. The topological polar surface area (TPSA) is 89.9 Å². The number of nitrogens with one attached hydrogen (secondary N) is 1. The van der Waals surface area contributed by atoms with Gasteiger partial charge in [-0.25, -0.2) is 0 Å².